The topological polar surface area (TPSA) is 76.1 Å². The van der Waals surface area contributed by atoms with Gasteiger partial charge in [-0.1, -0.05) is 0 Å². The largest absolute Gasteiger partial charge is 0.467 e. The van der Waals surface area contributed by atoms with Gasteiger partial charge in [0.25, 0.3) is 0 Å². The molecule has 0 unspecified atom stereocenters. The number of methoxy groups -OCH3 is 1. The average molecular weight is 271 g/mol. The van der Waals surface area contributed by atoms with Crippen LogP contribution in [0.4, 0.5) is 4.79 Å². The molecule has 0 aromatic rings. The average Bonchev–Trinajstić information content (AvgIpc) is 2.92. The number of amides is 1. The molecular formula is C13H21NO5. The van der Waals surface area contributed by atoms with Crippen molar-refractivity contribution < 1.29 is 24.2 Å². The summed E-state index contributed by atoms with van der Waals surface area (Å²) in [5.74, 6) is -0.453. The van der Waals surface area contributed by atoms with E-state index in [9.17, 15) is 14.7 Å². The lowest BCUT2D eigenvalue weighted by atomic mass is 10.0. The molecule has 1 saturated heterocycles. The van der Waals surface area contributed by atoms with E-state index in [2.05, 4.69) is 0 Å². The minimum Gasteiger partial charge on any atom is -0.467 e. The molecule has 0 aromatic carbocycles. The summed E-state index contributed by atoms with van der Waals surface area (Å²) in [6, 6.07) is -0.762. The molecule has 0 aromatic heterocycles. The number of likely N-dealkylation sites (tertiary alicyclic amines) is 1. The van der Waals surface area contributed by atoms with E-state index in [1.807, 2.05) is 0 Å². The van der Waals surface area contributed by atoms with Crippen molar-refractivity contribution in [2.75, 3.05) is 13.7 Å². The van der Waals surface area contributed by atoms with Gasteiger partial charge in [0.15, 0.2) is 0 Å². The molecule has 1 amide bonds. The lowest BCUT2D eigenvalue weighted by molar-refractivity contribution is -0.146. The predicted octanol–water partition coefficient (Wildman–Crippen LogP) is 0.920. The number of rotatable bonds is 2. The van der Waals surface area contributed by atoms with Gasteiger partial charge in [-0.05, 0) is 33.6 Å². The summed E-state index contributed by atoms with van der Waals surface area (Å²) in [4.78, 5) is 25.4. The van der Waals surface area contributed by atoms with Crippen LogP contribution in [0.15, 0.2) is 0 Å². The van der Waals surface area contributed by atoms with E-state index >= 15 is 0 Å². The van der Waals surface area contributed by atoms with Gasteiger partial charge in [0.05, 0.1) is 13.7 Å². The normalized spacial score (nSPS) is 32.8. The van der Waals surface area contributed by atoms with Gasteiger partial charge in [-0.15, -0.1) is 0 Å². The van der Waals surface area contributed by atoms with Crippen molar-refractivity contribution in [2.24, 2.45) is 5.41 Å². The first-order valence-corrected chi connectivity index (χ1v) is 6.44. The molecule has 6 heteroatoms. The summed E-state index contributed by atoms with van der Waals surface area (Å²) >= 11 is 0. The zero-order chi connectivity index (χ0) is 14.4. The summed E-state index contributed by atoms with van der Waals surface area (Å²) < 4.78 is 10.1. The van der Waals surface area contributed by atoms with Crippen LogP contribution in [0.1, 0.15) is 33.6 Å². The number of aliphatic hydroxyl groups excluding tert-OH is 1. The van der Waals surface area contributed by atoms with E-state index in [1.165, 1.54) is 12.0 Å². The number of piperidine rings is 1. The molecule has 2 fully saturated rings. The second-order valence-electron chi connectivity index (χ2n) is 6.37. The summed E-state index contributed by atoms with van der Waals surface area (Å²) in [5.41, 5.74) is -0.952. The third-order valence-corrected chi connectivity index (χ3v) is 3.81. The molecule has 1 heterocycles. The number of esters is 1. The lowest BCUT2D eigenvalue weighted by Gasteiger charge is -2.29. The van der Waals surface area contributed by atoms with Crippen molar-refractivity contribution in [1.82, 2.24) is 4.90 Å². The third-order valence-electron chi connectivity index (χ3n) is 3.81. The Labute approximate surface area is 112 Å². The Bertz CT molecular complexity index is 402. The van der Waals surface area contributed by atoms with E-state index < -0.39 is 23.7 Å². The molecule has 3 atom stereocenters. The Kier molecular flexibility index (Phi) is 3.24. The highest BCUT2D eigenvalue weighted by Gasteiger charge is 2.68. The summed E-state index contributed by atoms with van der Waals surface area (Å²) in [6.45, 7) is 5.31. The van der Waals surface area contributed by atoms with E-state index in [0.717, 1.165) is 6.42 Å². The van der Waals surface area contributed by atoms with Crippen LogP contribution in [0.25, 0.3) is 0 Å². The number of hydrogen-bond donors (Lipinski definition) is 1. The number of nitrogens with zero attached hydrogens (tertiary/aromatic N) is 1. The molecule has 2 aliphatic rings. The Balaban J connectivity index is 2.16. The van der Waals surface area contributed by atoms with Crippen LogP contribution in [0.2, 0.25) is 0 Å². The van der Waals surface area contributed by atoms with Gasteiger partial charge in [0.1, 0.15) is 11.6 Å². The van der Waals surface area contributed by atoms with Gasteiger partial charge >= 0.3 is 12.1 Å². The molecule has 6 nitrogen and oxygen atoms in total. The van der Waals surface area contributed by atoms with Crippen LogP contribution in [0.3, 0.4) is 0 Å². The van der Waals surface area contributed by atoms with Crippen molar-refractivity contribution >= 4 is 12.1 Å². The first-order valence-electron chi connectivity index (χ1n) is 6.44. The number of ether oxygens (including phenoxy) is 2. The highest BCUT2D eigenvalue weighted by atomic mass is 16.6. The predicted molar refractivity (Wildman–Crippen MR) is 66.4 cm³/mol. The molecule has 1 aliphatic carbocycles. The zero-order valence-electron chi connectivity index (χ0n) is 11.8. The zero-order valence-corrected chi connectivity index (χ0v) is 11.8. The monoisotopic (exact) mass is 271 g/mol. The standard InChI is InChI=1S/C13H21NO5/c1-12(2,3)19-11(17)14-8(10(16)18-4)5-13(7-15)6-9(13)14/h8-9,15H,5-7H2,1-4H3/t8-,9+,13-/m0/s1. The molecule has 1 N–H and O–H groups in total. The SMILES string of the molecule is COC(=O)[C@@H]1C[C@@]2(CO)C[C@H]2N1C(=O)OC(C)(C)C. The molecule has 1 aliphatic heterocycles. The van der Waals surface area contributed by atoms with Gasteiger partial charge in [-0.2, -0.15) is 0 Å². The smallest absolute Gasteiger partial charge is 0.411 e. The van der Waals surface area contributed by atoms with E-state index in [0.29, 0.717) is 6.42 Å². The van der Waals surface area contributed by atoms with Crippen molar-refractivity contribution in [3.63, 3.8) is 0 Å². The van der Waals surface area contributed by atoms with E-state index in [-0.39, 0.29) is 18.1 Å². The van der Waals surface area contributed by atoms with Crippen molar-refractivity contribution in [3.05, 3.63) is 0 Å². The van der Waals surface area contributed by atoms with Gasteiger partial charge in [0, 0.05) is 11.5 Å². The first kappa shape index (κ1) is 14.1. The van der Waals surface area contributed by atoms with Crippen LogP contribution in [0, 0.1) is 5.41 Å². The van der Waals surface area contributed by atoms with Crippen LogP contribution >= 0.6 is 0 Å². The fourth-order valence-electron chi connectivity index (χ4n) is 2.78. The maximum atomic E-state index is 12.2. The van der Waals surface area contributed by atoms with Crippen molar-refractivity contribution in [3.8, 4) is 0 Å². The van der Waals surface area contributed by atoms with Gasteiger partial charge < -0.3 is 14.6 Å². The van der Waals surface area contributed by atoms with Crippen LogP contribution in [0.5, 0.6) is 0 Å². The number of aliphatic hydroxyl groups is 1. The molecule has 2 rings (SSSR count). The Morgan fingerprint density at radius 3 is 2.47 bits per heavy atom. The van der Waals surface area contributed by atoms with E-state index in [1.54, 1.807) is 20.8 Å². The fraction of sp³-hybridized carbons (Fsp3) is 0.846. The molecule has 19 heavy (non-hydrogen) atoms. The van der Waals surface area contributed by atoms with Crippen LogP contribution in [-0.4, -0.2) is 53.5 Å². The molecule has 108 valence electrons. The Morgan fingerprint density at radius 2 is 2.00 bits per heavy atom. The summed E-state index contributed by atoms with van der Waals surface area (Å²) in [6.07, 6.45) is 0.650. The maximum absolute atomic E-state index is 12.2. The summed E-state index contributed by atoms with van der Waals surface area (Å²) in [5, 5.41) is 9.44. The Hall–Kier alpha value is -1.30. The van der Waals surface area contributed by atoms with Gasteiger partial charge in [-0.25, -0.2) is 9.59 Å². The van der Waals surface area contributed by atoms with Crippen LogP contribution in [-0.2, 0) is 14.3 Å². The van der Waals surface area contributed by atoms with Crippen LogP contribution < -0.4 is 0 Å². The first-order chi connectivity index (χ1) is 8.74. The maximum Gasteiger partial charge on any atom is 0.411 e. The van der Waals surface area contributed by atoms with E-state index in [4.69, 9.17) is 9.47 Å². The number of carbonyl (C=O) groups is 2. The van der Waals surface area contributed by atoms with Gasteiger partial charge in [-0.3, -0.25) is 4.90 Å². The third kappa shape index (κ3) is 2.41. The molecule has 0 radical (unpaired) electrons. The molecule has 0 bridgehead atoms. The second-order valence-corrected chi connectivity index (χ2v) is 6.37. The fourth-order valence-corrected chi connectivity index (χ4v) is 2.78. The number of hydrogen-bond acceptors (Lipinski definition) is 5. The number of carbonyl (C=O) groups excluding carboxylic acids is 2. The second kappa shape index (κ2) is 4.37. The minimum atomic E-state index is -0.647. The number of fused-ring (bicyclic) bond motifs is 1. The molecule has 0 spiro atoms. The lowest BCUT2D eigenvalue weighted by Crippen LogP contribution is -2.46. The van der Waals surface area contributed by atoms with Gasteiger partial charge in [0.2, 0.25) is 0 Å². The molecular weight excluding hydrogens is 250 g/mol. The molecule has 1 saturated carbocycles. The van der Waals surface area contributed by atoms with Crippen molar-refractivity contribution in [1.29, 1.82) is 0 Å². The van der Waals surface area contributed by atoms with Crippen molar-refractivity contribution in [2.45, 2.75) is 51.3 Å². The highest BCUT2D eigenvalue weighted by Crippen LogP contribution is 2.59. The quantitative estimate of drug-likeness (QED) is 0.756. The summed E-state index contributed by atoms with van der Waals surface area (Å²) in [7, 11) is 1.30. The minimum absolute atomic E-state index is 0.0234. The highest BCUT2D eigenvalue weighted by molar-refractivity contribution is 5.83. The Morgan fingerprint density at radius 1 is 1.37 bits per heavy atom.